The molecule has 0 aromatic carbocycles. The number of pyridine rings is 3. The first kappa shape index (κ1) is 17.9. The third-order valence-corrected chi connectivity index (χ3v) is 5.23. The van der Waals surface area contributed by atoms with E-state index in [9.17, 15) is 4.79 Å². The number of carbonyl (C=O) groups is 1. The van der Waals surface area contributed by atoms with Crippen molar-refractivity contribution in [2.45, 2.75) is 19.8 Å². The second-order valence-electron chi connectivity index (χ2n) is 6.79. The van der Waals surface area contributed by atoms with E-state index in [-0.39, 0.29) is 11.8 Å². The minimum Gasteiger partial charge on any atom is -0.369 e. The van der Waals surface area contributed by atoms with Crippen molar-refractivity contribution in [3.8, 4) is 0 Å². The molecule has 1 fully saturated rings. The van der Waals surface area contributed by atoms with Crippen molar-refractivity contribution in [2.24, 2.45) is 5.92 Å². The summed E-state index contributed by atoms with van der Waals surface area (Å²) in [6.07, 6.45) is 5.41. The van der Waals surface area contributed by atoms with Gasteiger partial charge in [0.2, 0.25) is 5.91 Å². The highest BCUT2D eigenvalue weighted by atomic mass is 79.9. The number of nitrogens with zero attached hydrogens (tertiary/aromatic N) is 4. The minimum atomic E-state index is -0.0836. The number of piperidine rings is 1. The van der Waals surface area contributed by atoms with Crippen LogP contribution in [0.5, 0.6) is 0 Å². The molecule has 1 atom stereocenters. The molecule has 1 unspecified atom stereocenters. The molecular weight excluding hydrogens is 406 g/mol. The summed E-state index contributed by atoms with van der Waals surface area (Å²) in [6.45, 7) is 3.48. The van der Waals surface area contributed by atoms with Gasteiger partial charge in [-0.15, -0.1) is 0 Å². The van der Waals surface area contributed by atoms with Gasteiger partial charge in [0, 0.05) is 35.6 Å². The third kappa shape index (κ3) is 3.93. The SMILES string of the molecule is Cc1cccc(NC(=O)C2CCCN(c3ccnc4cc(Br)cnc34)C2)n1. The third-order valence-electron chi connectivity index (χ3n) is 4.80. The number of anilines is 2. The molecule has 6 nitrogen and oxygen atoms in total. The van der Waals surface area contributed by atoms with E-state index in [1.54, 1.807) is 12.4 Å². The summed E-state index contributed by atoms with van der Waals surface area (Å²) in [5, 5.41) is 2.96. The molecule has 1 saturated heterocycles. The Kier molecular flexibility index (Phi) is 5.03. The number of carbonyl (C=O) groups excluding carboxylic acids is 1. The first-order valence-electron chi connectivity index (χ1n) is 9.00. The largest absolute Gasteiger partial charge is 0.369 e. The van der Waals surface area contributed by atoms with Crippen LogP contribution >= 0.6 is 15.9 Å². The number of hydrogen-bond donors (Lipinski definition) is 1. The summed E-state index contributed by atoms with van der Waals surface area (Å²) in [7, 11) is 0. The number of nitrogens with one attached hydrogen (secondary N) is 1. The molecule has 1 aliphatic rings. The van der Waals surface area contributed by atoms with Gasteiger partial charge < -0.3 is 10.2 Å². The van der Waals surface area contributed by atoms with E-state index in [0.717, 1.165) is 46.3 Å². The Hall–Kier alpha value is -2.54. The zero-order chi connectivity index (χ0) is 18.8. The monoisotopic (exact) mass is 425 g/mol. The Bertz CT molecular complexity index is 993. The molecule has 4 rings (SSSR count). The van der Waals surface area contributed by atoms with Gasteiger partial charge in [-0.1, -0.05) is 6.07 Å². The van der Waals surface area contributed by atoms with Gasteiger partial charge in [0.05, 0.1) is 17.1 Å². The van der Waals surface area contributed by atoms with Crippen LogP contribution in [0.15, 0.2) is 47.2 Å². The minimum absolute atomic E-state index is 0.0202. The van der Waals surface area contributed by atoms with Crippen molar-refractivity contribution in [1.82, 2.24) is 15.0 Å². The molecule has 3 aromatic rings. The zero-order valence-electron chi connectivity index (χ0n) is 15.0. The van der Waals surface area contributed by atoms with Gasteiger partial charge in [-0.05, 0) is 60.0 Å². The van der Waals surface area contributed by atoms with Gasteiger partial charge in [0.1, 0.15) is 11.3 Å². The maximum atomic E-state index is 12.8. The van der Waals surface area contributed by atoms with Crippen LogP contribution in [0.2, 0.25) is 0 Å². The molecule has 0 aliphatic carbocycles. The average molecular weight is 426 g/mol. The molecule has 0 bridgehead atoms. The van der Waals surface area contributed by atoms with Crippen molar-refractivity contribution in [3.63, 3.8) is 0 Å². The standard InChI is InChI=1S/C20H20BrN5O/c1-13-4-2-6-18(24-13)25-20(27)14-5-3-9-26(12-14)17-7-8-22-16-10-15(21)11-23-19(16)17/h2,4,6-8,10-11,14H,3,5,9,12H2,1H3,(H,24,25,27). The van der Waals surface area contributed by atoms with Gasteiger partial charge in [-0.2, -0.15) is 0 Å². The van der Waals surface area contributed by atoms with Crippen molar-refractivity contribution < 1.29 is 4.79 Å². The molecule has 0 saturated carbocycles. The highest BCUT2D eigenvalue weighted by Crippen LogP contribution is 2.29. The molecular formula is C20H20BrN5O. The number of aryl methyl sites for hydroxylation is 1. The lowest BCUT2D eigenvalue weighted by atomic mass is 9.96. The number of fused-ring (bicyclic) bond motifs is 1. The second-order valence-corrected chi connectivity index (χ2v) is 7.71. The Morgan fingerprint density at radius 2 is 2.19 bits per heavy atom. The highest BCUT2D eigenvalue weighted by Gasteiger charge is 2.27. The lowest BCUT2D eigenvalue weighted by Gasteiger charge is -2.34. The van der Waals surface area contributed by atoms with E-state index in [1.807, 2.05) is 37.3 Å². The van der Waals surface area contributed by atoms with Crippen LogP contribution in [0.1, 0.15) is 18.5 Å². The fourth-order valence-corrected chi connectivity index (χ4v) is 3.82. The first-order chi connectivity index (χ1) is 13.1. The zero-order valence-corrected chi connectivity index (χ0v) is 16.6. The number of amides is 1. The molecule has 3 aromatic heterocycles. The molecule has 27 heavy (non-hydrogen) atoms. The normalized spacial score (nSPS) is 17.1. The predicted molar refractivity (Wildman–Crippen MR) is 110 cm³/mol. The molecule has 1 N–H and O–H groups in total. The Balaban J connectivity index is 1.54. The quantitative estimate of drug-likeness (QED) is 0.687. The fourth-order valence-electron chi connectivity index (χ4n) is 3.50. The fraction of sp³-hybridized carbons (Fsp3) is 0.300. The summed E-state index contributed by atoms with van der Waals surface area (Å²) in [6, 6.07) is 9.58. The smallest absolute Gasteiger partial charge is 0.230 e. The number of hydrogen-bond acceptors (Lipinski definition) is 5. The molecule has 4 heterocycles. The van der Waals surface area contributed by atoms with E-state index in [4.69, 9.17) is 0 Å². The second kappa shape index (κ2) is 7.60. The van der Waals surface area contributed by atoms with Gasteiger partial charge in [0.25, 0.3) is 0 Å². The lowest BCUT2D eigenvalue weighted by molar-refractivity contribution is -0.120. The molecule has 1 amide bonds. The topological polar surface area (TPSA) is 71.0 Å². The molecule has 1 aliphatic heterocycles. The first-order valence-corrected chi connectivity index (χ1v) is 9.79. The van der Waals surface area contributed by atoms with E-state index >= 15 is 0 Å². The van der Waals surface area contributed by atoms with E-state index in [1.165, 1.54) is 0 Å². The summed E-state index contributed by atoms with van der Waals surface area (Å²) in [5.41, 5.74) is 3.62. The van der Waals surface area contributed by atoms with Crippen LogP contribution in [0.25, 0.3) is 11.0 Å². The summed E-state index contributed by atoms with van der Waals surface area (Å²) >= 11 is 3.44. The number of rotatable bonds is 3. The maximum Gasteiger partial charge on any atom is 0.230 e. The van der Waals surface area contributed by atoms with Gasteiger partial charge in [0.15, 0.2) is 0 Å². The molecule has 7 heteroatoms. The summed E-state index contributed by atoms with van der Waals surface area (Å²) in [4.78, 5) is 28.3. The van der Waals surface area contributed by atoms with E-state index in [2.05, 4.69) is 41.1 Å². The van der Waals surface area contributed by atoms with Crippen LogP contribution in [0.3, 0.4) is 0 Å². The average Bonchev–Trinajstić information content (AvgIpc) is 2.67. The predicted octanol–water partition coefficient (Wildman–Crippen LogP) is 3.95. The highest BCUT2D eigenvalue weighted by molar-refractivity contribution is 9.10. The maximum absolute atomic E-state index is 12.8. The van der Waals surface area contributed by atoms with Crippen molar-refractivity contribution >= 4 is 44.4 Å². The van der Waals surface area contributed by atoms with Crippen LogP contribution in [0.4, 0.5) is 11.5 Å². The van der Waals surface area contributed by atoms with Crippen LogP contribution in [-0.4, -0.2) is 33.9 Å². The van der Waals surface area contributed by atoms with Gasteiger partial charge in [-0.25, -0.2) is 4.98 Å². The lowest BCUT2D eigenvalue weighted by Crippen LogP contribution is -2.41. The summed E-state index contributed by atoms with van der Waals surface area (Å²) in [5.74, 6) is 0.546. The Labute approximate surface area is 166 Å². The Morgan fingerprint density at radius 3 is 3.04 bits per heavy atom. The van der Waals surface area contributed by atoms with Gasteiger partial charge in [-0.3, -0.25) is 14.8 Å². The van der Waals surface area contributed by atoms with E-state index < -0.39 is 0 Å². The molecule has 138 valence electrons. The van der Waals surface area contributed by atoms with E-state index in [0.29, 0.717) is 12.4 Å². The summed E-state index contributed by atoms with van der Waals surface area (Å²) < 4.78 is 0.904. The molecule has 0 spiro atoms. The van der Waals surface area contributed by atoms with Gasteiger partial charge >= 0.3 is 0 Å². The molecule has 0 radical (unpaired) electrons. The number of halogens is 1. The van der Waals surface area contributed by atoms with Crippen LogP contribution in [0, 0.1) is 12.8 Å². The van der Waals surface area contributed by atoms with Crippen molar-refractivity contribution in [1.29, 1.82) is 0 Å². The number of aromatic nitrogens is 3. The van der Waals surface area contributed by atoms with Crippen molar-refractivity contribution in [2.75, 3.05) is 23.3 Å². The van der Waals surface area contributed by atoms with Crippen LogP contribution in [-0.2, 0) is 4.79 Å². The van der Waals surface area contributed by atoms with Crippen molar-refractivity contribution in [3.05, 3.63) is 52.9 Å². The van der Waals surface area contributed by atoms with Crippen LogP contribution < -0.4 is 10.2 Å². The Morgan fingerprint density at radius 1 is 1.30 bits per heavy atom.